The molecule has 0 aliphatic heterocycles. The summed E-state index contributed by atoms with van der Waals surface area (Å²) in [6.07, 6.45) is -0.116. The van der Waals surface area contributed by atoms with E-state index in [1.807, 2.05) is 48.5 Å². The van der Waals surface area contributed by atoms with Crippen LogP contribution < -0.4 is 10.6 Å². The average Bonchev–Trinajstić information content (AvgIpc) is 2.79. The summed E-state index contributed by atoms with van der Waals surface area (Å²) in [4.78, 5) is 38.2. The van der Waals surface area contributed by atoms with Gasteiger partial charge in [-0.2, -0.15) is 0 Å². The lowest BCUT2D eigenvalue weighted by Gasteiger charge is -2.18. The molecule has 0 aliphatic rings. The molecule has 0 bridgehead atoms. The molecule has 6 nitrogen and oxygen atoms in total. The van der Waals surface area contributed by atoms with E-state index < -0.39 is 24.5 Å². The second-order valence-corrected chi connectivity index (χ2v) is 8.68. The van der Waals surface area contributed by atoms with Crippen LogP contribution in [0, 0.1) is 0 Å². The SMILES string of the molecule is CC(=O)NC(CC(=O)OCC(=O)Nc1ccccc1Sc1ccccc1)c1ccc(Cl)cc1. The predicted octanol–water partition coefficient (Wildman–Crippen LogP) is 5.24. The van der Waals surface area contributed by atoms with E-state index in [0.29, 0.717) is 16.3 Å². The van der Waals surface area contributed by atoms with Crippen LogP contribution in [-0.4, -0.2) is 24.4 Å². The number of nitrogens with one attached hydrogen (secondary N) is 2. The Morgan fingerprint density at radius 2 is 1.61 bits per heavy atom. The van der Waals surface area contributed by atoms with Crippen LogP contribution in [0.4, 0.5) is 5.69 Å². The summed E-state index contributed by atoms with van der Waals surface area (Å²) >= 11 is 7.43. The molecule has 0 heterocycles. The largest absolute Gasteiger partial charge is 0.455 e. The van der Waals surface area contributed by atoms with Crippen LogP contribution in [-0.2, 0) is 19.1 Å². The Bertz CT molecular complexity index is 1110. The summed E-state index contributed by atoms with van der Waals surface area (Å²) < 4.78 is 5.16. The summed E-state index contributed by atoms with van der Waals surface area (Å²) in [5.41, 5.74) is 1.34. The molecule has 3 aromatic carbocycles. The lowest BCUT2D eigenvalue weighted by molar-refractivity contribution is -0.148. The van der Waals surface area contributed by atoms with Crippen molar-refractivity contribution in [2.75, 3.05) is 11.9 Å². The second-order valence-electron chi connectivity index (χ2n) is 7.13. The number of benzene rings is 3. The van der Waals surface area contributed by atoms with E-state index >= 15 is 0 Å². The molecule has 0 spiro atoms. The van der Waals surface area contributed by atoms with Gasteiger partial charge in [0.2, 0.25) is 5.91 Å². The van der Waals surface area contributed by atoms with Gasteiger partial charge in [-0.3, -0.25) is 14.4 Å². The summed E-state index contributed by atoms with van der Waals surface area (Å²) in [5.74, 6) is -1.34. The van der Waals surface area contributed by atoms with Crippen LogP contribution >= 0.6 is 23.4 Å². The Morgan fingerprint density at radius 3 is 2.30 bits per heavy atom. The van der Waals surface area contributed by atoms with Crippen molar-refractivity contribution < 1.29 is 19.1 Å². The fourth-order valence-electron chi connectivity index (χ4n) is 3.02. The maximum Gasteiger partial charge on any atom is 0.308 e. The van der Waals surface area contributed by atoms with Crippen molar-refractivity contribution in [2.45, 2.75) is 29.2 Å². The number of halogens is 1. The number of para-hydroxylation sites is 1. The molecule has 0 aliphatic carbocycles. The van der Waals surface area contributed by atoms with Crippen LogP contribution in [0.5, 0.6) is 0 Å². The maximum atomic E-state index is 12.4. The molecule has 3 aromatic rings. The molecule has 33 heavy (non-hydrogen) atoms. The van der Waals surface area contributed by atoms with E-state index in [1.54, 1.807) is 30.3 Å². The Kier molecular flexibility index (Phi) is 8.92. The van der Waals surface area contributed by atoms with Crippen LogP contribution in [0.15, 0.2) is 88.7 Å². The third-order valence-electron chi connectivity index (χ3n) is 4.52. The third kappa shape index (κ3) is 7.97. The van der Waals surface area contributed by atoms with Crippen molar-refractivity contribution in [3.8, 4) is 0 Å². The molecule has 0 aromatic heterocycles. The van der Waals surface area contributed by atoms with E-state index in [9.17, 15) is 14.4 Å². The van der Waals surface area contributed by atoms with Crippen molar-refractivity contribution >= 4 is 46.8 Å². The predicted molar refractivity (Wildman–Crippen MR) is 129 cm³/mol. The lowest BCUT2D eigenvalue weighted by Crippen LogP contribution is -2.29. The van der Waals surface area contributed by atoms with E-state index in [1.165, 1.54) is 18.7 Å². The van der Waals surface area contributed by atoms with E-state index in [4.69, 9.17) is 16.3 Å². The number of carbonyl (C=O) groups is 3. The van der Waals surface area contributed by atoms with Crippen molar-refractivity contribution in [3.05, 3.63) is 89.4 Å². The third-order valence-corrected chi connectivity index (χ3v) is 5.85. The Labute approximate surface area is 201 Å². The van der Waals surface area contributed by atoms with Crippen molar-refractivity contribution in [1.82, 2.24) is 5.32 Å². The first kappa shape index (κ1) is 24.4. The minimum absolute atomic E-state index is 0.116. The van der Waals surface area contributed by atoms with Gasteiger partial charge >= 0.3 is 5.97 Å². The van der Waals surface area contributed by atoms with Crippen LogP contribution in [0.25, 0.3) is 0 Å². The molecule has 2 amide bonds. The zero-order chi connectivity index (χ0) is 23.6. The van der Waals surface area contributed by atoms with Gasteiger partial charge in [-0.05, 0) is 42.0 Å². The molecule has 0 saturated heterocycles. The van der Waals surface area contributed by atoms with Gasteiger partial charge < -0.3 is 15.4 Å². The van der Waals surface area contributed by atoms with Gasteiger partial charge in [0.25, 0.3) is 5.91 Å². The number of carbonyl (C=O) groups excluding carboxylic acids is 3. The molecule has 1 unspecified atom stereocenters. The van der Waals surface area contributed by atoms with Gasteiger partial charge in [-0.15, -0.1) is 0 Å². The van der Waals surface area contributed by atoms with Crippen LogP contribution in [0.3, 0.4) is 0 Å². The van der Waals surface area contributed by atoms with Crippen molar-refractivity contribution in [3.63, 3.8) is 0 Å². The molecule has 8 heteroatoms. The van der Waals surface area contributed by atoms with Gasteiger partial charge in [-0.25, -0.2) is 0 Å². The van der Waals surface area contributed by atoms with Crippen LogP contribution in [0.2, 0.25) is 5.02 Å². The zero-order valence-corrected chi connectivity index (χ0v) is 19.5. The van der Waals surface area contributed by atoms with Gasteiger partial charge in [-0.1, -0.05) is 65.8 Å². The number of esters is 1. The Balaban J connectivity index is 1.56. The number of anilines is 1. The minimum atomic E-state index is -0.606. The van der Waals surface area contributed by atoms with Gasteiger partial charge in [0.05, 0.1) is 18.2 Å². The standard InChI is InChI=1S/C25H23ClN2O4S/c1-17(29)27-22(18-11-13-19(26)14-12-18)15-25(31)32-16-24(30)28-21-9-5-6-10-23(21)33-20-7-3-2-4-8-20/h2-14,22H,15-16H2,1H3,(H,27,29)(H,28,30). The van der Waals surface area contributed by atoms with Gasteiger partial charge in [0.15, 0.2) is 6.61 Å². The highest BCUT2D eigenvalue weighted by Gasteiger charge is 2.19. The van der Waals surface area contributed by atoms with E-state index in [-0.39, 0.29) is 12.3 Å². The monoisotopic (exact) mass is 482 g/mol. The van der Waals surface area contributed by atoms with Gasteiger partial charge in [0.1, 0.15) is 0 Å². The first-order chi connectivity index (χ1) is 15.9. The number of ether oxygens (including phenoxy) is 1. The maximum absolute atomic E-state index is 12.4. The highest BCUT2D eigenvalue weighted by Crippen LogP contribution is 2.33. The molecule has 1 atom stereocenters. The van der Waals surface area contributed by atoms with E-state index in [0.717, 1.165) is 9.79 Å². The summed E-state index contributed by atoms with van der Waals surface area (Å²) in [5, 5.41) is 6.05. The summed E-state index contributed by atoms with van der Waals surface area (Å²) in [7, 11) is 0. The minimum Gasteiger partial charge on any atom is -0.455 e. The molecule has 0 radical (unpaired) electrons. The number of amides is 2. The molecule has 170 valence electrons. The number of hydrogen-bond acceptors (Lipinski definition) is 5. The fourth-order valence-corrected chi connectivity index (χ4v) is 4.07. The molecular weight excluding hydrogens is 460 g/mol. The highest BCUT2D eigenvalue weighted by atomic mass is 35.5. The Morgan fingerprint density at radius 1 is 0.939 bits per heavy atom. The number of hydrogen-bond donors (Lipinski definition) is 2. The van der Waals surface area contributed by atoms with Gasteiger partial charge in [0, 0.05) is 21.7 Å². The average molecular weight is 483 g/mol. The van der Waals surface area contributed by atoms with E-state index in [2.05, 4.69) is 10.6 Å². The molecule has 2 N–H and O–H groups in total. The first-order valence-corrected chi connectivity index (χ1v) is 11.4. The van der Waals surface area contributed by atoms with Crippen molar-refractivity contribution in [2.24, 2.45) is 0 Å². The summed E-state index contributed by atoms with van der Waals surface area (Å²) in [6, 6.07) is 23.4. The first-order valence-electron chi connectivity index (χ1n) is 10.2. The molecule has 0 fully saturated rings. The molecular formula is C25H23ClN2O4S. The fraction of sp³-hybridized carbons (Fsp3) is 0.160. The lowest BCUT2D eigenvalue weighted by atomic mass is 10.0. The van der Waals surface area contributed by atoms with Crippen LogP contribution in [0.1, 0.15) is 24.9 Å². The summed E-state index contributed by atoms with van der Waals surface area (Å²) in [6.45, 7) is 0.934. The molecule has 3 rings (SSSR count). The zero-order valence-electron chi connectivity index (χ0n) is 17.9. The quantitative estimate of drug-likeness (QED) is 0.407. The highest BCUT2D eigenvalue weighted by molar-refractivity contribution is 7.99. The Hall–Kier alpha value is -3.29. The molecule has 0 saturated carbocycles. The number of rotatable bonds is 9. The topological polar surface area (TPSA) is 84.5 Å². The smallest absolute Gasteiger partial charge is 0.308 e. The normalized spacial score (nSPS) is 11.3. The second kappa shape index (κ2) is 12.1. The van der Waals surface area contributed by atoms with Crippen molar-refractivity contribution in [1.29, 1.82) is 0 Å².